The fourth-order valence-electron chi connectivity index (χ4n) is 3.72. The first-order valence-electron chi connectivity index (χ1n) is 11.1. The number of hydrogen-bond donors (Lipinski definition) is 2. The van der Waals surface area contributed by atoms with E-state index in [1.807, 2.05) is 80.8 Å². The molecule has 4 rings (SSSR count). The smallest absolute Gasteiger partial charge is 0.273 e. The molecule has 0 bridgehead atoms. The van der Waals surface area contributed by atoms with Gasteiger partial charge in [0.2, 0.25) is 5.91 Å². The summed E-state index contributed by atoms with van der Waals surface area (Å²) < 4.78 is 1.66. The van der Waals surface area contributed by atoms with Gasteiger partial charge in [0.1, 0.15) is 5.69 Å². The van der Waals surface area contributed by atoms with E-state index in [2.05, 4.69) is 25.9 Å². The number of benzene rings is 2. The lowest BCUT2D eigenvalue weighted by Gasteiger charge is -2.11. The van der Waals surface area contributed by atoms with Crippen molar-refractivity contribution in [3.8, 4) is 16.9 Å². The SMILES string of the molecule is CSc1nc(C)c(CCC(=O)NNC(=O)c2cn(-c3ccccc3)nc2-c2ccccc2)c(C)n1. The maximum absolute atomic E-state index is 13.0. The average Bonchev–Trinajstić information content (AvgIpc) is 3.33. The lowest BCUT2D eigenvalue weighted by atomic mass is 10.1. The molecular formula is C26H26N6O2S. The maximum Gasteiger partial charge on any atom is 0.273 e. The van der Waals surface area contributed by atoms with Crippen molar-refractivity contribution in [1.29, 1.82) is 0 Å². The molecule has 2 heterocycles. The second-order valence-electron chi connectivity index (χ2n) is 7.90. The molecule has 35 heavy (non-hydrogen) atoms. The Morgan fingerprint density at radius 1 is 0.914 bits per heavy atom. The summed E-state index contributed by atoms with van der Waals surface area (Å²) in [6.45, 7) is 3.83. The molecule has 4 aromatic rings. The molecule has 0 fully saturated rings. The summed E-state index contributed by atoms with van der Waals surface area (Å²) in [6, 6.07) is 19.0. The molecule has 0 aliphatic rings. The molecule has 178 valence electrons. The van der Waals surface area contributed by atoms with Crippen molar-refractivity contribution in [3.63, 3.8) is 0 Å². The van der Waals surface area contributed by atoms with Crippen LogP contribution in [0, 0.1) is 13.8 Å². The van der Waals surface area contributed by atoms with Crippen molar-refractivity contribution in [2.75, 3.05) is 6.26 Å². The van der Waals surface area contributed by atoms with Crippen LogP contribution in [0.2, 0.25) is 0 Å². The number of para-hydroxylation sites is 1. The van der Waals surface area contributed by atoms with Crippen LogP contribution < -0.4 is 10.9 Å². The van der Waals surface area contributed by atoms with Crippen LogP contribution in [-0.2, 0) is 11.2 Å². The predicted octanol–water partition coefficient (Wildman–Crippen LogP) is 4.06. The van der Waals surface area contributed by atoms with E-state index >= 15 is 0 Å². The summed E-state index contributed by atoms with van der Waals surface area (Å²) in [5.74, 6) is -0.748. The van der Waals surface area contributed by atoms with Crippen LogP contribution in [0.4, 0.5) is 0 Å². The molecule has 0 aliphatic heterocycles. The fraction of sp³-hybridized carbons (Fsp3) is 0.192. The summed E-state index contributed by atoms with van der Waals surface area (Å²) in [4.78, 5) is 34.4. The van der Waals surface area contributed by atoms with Gasteiger partial charge in [0.05, 0.1) is 11.3 Å². The minimum absolute atomic E-state index is 0.193. The van der Waals surface area contributed by atoms with Crippen molar-refractivity contribution in [3.05, 3.63) is 89.4 Å². The molecule has 0 spiro atoms. The van der Waals surface area contributed by atoms with Gasteiger partial charge in [-0.15, -0.1) is 0 Å². The number of aryl methyl sites for hydroxylation is 2. The molecule has 9 heteroatoms. The largest absolute Gasteiger partial charge is 0.273 e. The predicted molar refractivity (Wildman–Crippen MR) is 136 cm³/mol. The Bertz CT molecular complexity index is 1320. The van der Waals surface area contributed by atoms with E-state index in [9.17, 15) is 9.59 Å². The van der Waals surface area contributed by atoms with Gasteiger partial charge < -0.3 is 0 Å². The molecule has 0 aliphatic carbocycles. The number of carbonyl (C=O) groups excluding carboxylic acids is 2. The molecule has 0 saturated carbocycles. The van der Waals surface area contributed by atoms with Crippen molar-refractivity contribution >= 4 is 23.6 Å². The van der Waals surface area contributed by atoms with Gasteiger partial charge in [-0.05, 0) is 44.2 Å². The fourth-order valence-corrected chi connectivity index (χ4v) is 4.18. The standard InChI is InChI=1S/C26H26N6O2S/c1-17-21(18(2)28-26(27-17)35-3)14-15-23(33)29-30-25(34)22-16-32(20-12-8-5-9-13-20)31-24(22)19-10-6-4-7-11-19/h4-13,16H,14-15H2,1-3H3,(H,29,33)(H,30,34). The Labute approximate surface area is 208 Å². The van der Waals surface area contributed by atoms with Gasteiger partial charge in [-0.25, -0.2) is 14.6 Å². The van der Waals surface area contributed by atoms with Crippen molar-refractivity contribution in [2.45, 2.75) is 31.8 Å². The van der Waals surface area contributed by atoms with Crippen LogP contribution in [0.15, 0.2) is 72.0 Å². The van der Waals surface area contributed by atoms with Gasteiger partial charge in [-0.2, -0.15) is 5.10 Å². The summed E-state index contributed by atoms with van der Waals surface area (Å²) in [7, 11) is 0. The zero-order valence-electron chi connectivity index (χ0n) is 19.8. The molecular weight excluding hydrogens is 460 g/mol. The molecule has 0 atom stereocenters. The zero-order valence-corrected chi connectivity index (χ0v) is 20.6. The lowest BCUT2D eigenvalue weighted by Crippen LogP contribution is -2.41. The lowest BCUT2D eigenvalue weighted by molar-refractivity contribution is -0.121. The van der Waals surface area contributed by atoms with Crippen LogP contribution in [0.25, 0.3) is 16.9 Å². The third-order valence-electron chi connectivity index (χ3n) is 5.53. The average molecular weight is 487 g/mol. The normalized spacial score (nSPS) is 10.7. The van der Waals surface area contributed by atoms with Crippen LogP contribution in [0.1, 0.15) is 33.7 Å². The minimum Gasteiger partial charge on any atom is -0.273 e. The minimum atomic E-state index is -0.445. The van der Waals surface area contributed by atoms with Gasteiger partial charge in [-0.1, -0.05) is 60.3 Å². The molecule has 2 aromatic carbocycles. The van der Waals surface area contributed by atoms with Crippen molar-refractivity contribution in [1.82, 2.24) is 30.6 Å². The highest BCUT2D eigenvalue weighted by atomic mass is 32.2. The number of rotatable bonds is 7. The number of amides is 2. The molecule has 8 nitrogen and oxygen atoms in total. The molecule has 2 amide bonds. The van der Waals surface area contributed by atoms with Crippen LogP contribution in [0.3, 0.4) is 0 Å². The summed E-state index contributed by atoms with van der Waals surface area (Å²) in [5.41, 5.74) is 10.2. The van der Waals surface area contributed by atoms with Crippen LogP contribution in [0.5, 0.6) is 0 Å². The topological polar surface area (TPSA) is 102 Å². The Balaban J connectivity index is 1.46. The van der Waals surface area contributed by atoms with E-state index in [-0.39, 0.29) is 12.3 Å². The van der Waals surface area contributed by atoms with Gasteiger partial charge >= 0.3 is 0 Å². The maximum atomic E-state index is 13.0. The first kappa shape index (κ1) is 24.2. The summed E-state index contributed by atoms with van der Waals surface area (Å²) in [6.07, 6.45) is 4.27. The second kappa shape index (κ2) is 11.0. The zero-order chi connectivity index (χ0) is 24.8. The Morgan fingerprint density at radius 2 is 1.54 bits per heavy atom. The Hall–Kier alpha value is -3.98. The number of thioether (sulfide) groups is 1. The van der Waals surface area contributed by atoms with Gasteiger partial charge in [0.15, 0.2) is 5.16 Å². The second-order valence-corrected chi connectivity index (χ2v) is 8.67. The molecule has 2 aromatic heterocycles. The van der Waals surface area contributed by atoms with E-state index in [0.29, 0.717) is 22.8 Å². The molecule has 0 radical (unpaired) electrons. The van der Waals surface area contributed by atoms with Gasteiger partial charge in [-0.3, -0.25) is 20.4 Å². The van der Waals surface area contributed by atoms with E-state index < -0.39 is 5.91 Å². The third kappa shape index (κ3) is 5.75. The molecule has 0 unspecified atom stereocenters. The summed E-state index contributed by atoms with van der Waals surface area (Å²) in [5, 5.41) is 5.35. The molecule has 2 N–H and O–H groups in total. The number of aromatic nitrogens is 4. The van der Waals surface area contributed by atoms with Gasteiger partial charge in [0.25, 0.3) is 5.91 Å². The van der Waals surface area contributed by atoms with Crippen molar-refractivity contribution in [2.24, 2.45) is 0 Å². The number of nitrogens with zero attached hydrogens (tertiary/aromatic N) is 4. The molecule has 0 saturated heterocycles. The highest BCUT2D eigenvalue weighted by molar-refractivity contribution is 7.98. The highest BCUT2D eigenvalue weighted by Gasteiger charge is 2.19. The number of hydrazine groups is 1. The third-order valence-corrected chi connectivity index (χ3v) is 6.07. The monoisotopic (exact) mass is 486 g/mol. The van der Waals surface area contributed by atoms with E-state index in [1.54, 1.807) is 10.9 Å². The first-order valence-corrected chi connectivity index (χ1v) is 12.4. The number of hydrogen-bond acceptors (Lipinski definition) is 6. The highest BCUT2D eigenvalue weighted by Crippen LogP contribution is 2.23. The van der Waals surface area contributed by atoms with Crippen LogP contribution in [-0.4, -0.2) is 37.8 Å². The van der Waals surface area contributed by atoms with E-state index in [0.717, 1.165) is 28.2 Å². The quantitative estimate of drug-likeness (QED) is 0.232. The number of nitrogens with one attached hydrogen (secondary N) is 2. The first-order chi connectivity index (χ1) is 17.0. The summed E-state index contributed by atoms with van der Waals surface area (Å²) >= 11 is 1.48. The van der Waals surface area contributed by atoms with E-state index in [1.165, 1.54) is 11.8 Å². The number of carbonyl (C=O) groups is 2. The van der Waals surface area contributed by atoms with Crippen LogP contribution >= 0.6 is 11.8 Å². The Kier molecular flexibility index (Phi) is 7.57. The van der Waals surface area contributed by atoms with Gasteiger partial charge in [0, 0.05) is 29.6 Å². The van der Waals surface area contributed by atoms with Crippen molar-refractivity contribution < 1.29 is 9.59 Å². The Morgan fingerprint density at radius 3 is 2.17 bits per heavy atom. The van der Waals surface area contributed by atoms with E-state index in [4.69, 9.17) is 0 Å².